The lowest BCUT2D eigenvalue weighted by Gasteiger charge is -2.37. The lowest BCUT2D eigenvalue weighted by atomic mass is 9.92. The Morgan fingerprint density at radius 3 is 2.30 bits per heavy atom. The molecule has 0 aromatic heterocycles. The maximum Gasteiger partial charge on any atom is 0.511 e. The molecule has 1 saturated carbocycles. The first-order valence-corrected chi connectivity index (χ1v) is 10.8. The van der Waals surface area contributed by atoms with Gasteiger partial charge in [0.1, 0.15) is 0 Å². The van der Waals surface area contributed by atoms with Crippen LogP contribution in [-0.2, 0) is 20.0 Å². The highest BCUT2D eigenvalue weighted by atomic mass is 32.3. The van der Waals surface area contributed by atoms with E-state index in [-0.39, 0.29) is 23.8 Å². The van der Waals surface area contributed by atoms with E-state index in [1.165, 1.54) is 3.71 Å². The average molecular weight is 394 g/mol. The van der Waals surface area contributed by atoms with Crippen molar-refractivity contribution in [2.75, 3.05) is 5.75 Å². The molecule has 2 fully saturated rings. The molecule has 0 atom stereocenters. The summed E-state index contributed by atoms with van der Waals surface area (Å²) < 4.78 is 86.5. The van der Waals surface area contributed by atoms with E-state index in [9.17, 15) is 30.0 Å². The van der Waals surface area contributed by atoms with Gasteiger partial charge in [-0.2, -0.15) is 13.2 Å². The molecule has 0 radical (unpaired) electrons. The fourth-order valence-corrected chi connectivity index (χ4v) is 6.76. The van der Waals surface area contributed by atoms with Gasteiger partial charge in [-0.15, -0.1) is 3.71 Å². The quantitative estimate of drug-likeness (QED) is 0.740. The van der Waals surface area contributed by atoms with Crippen LogP contribution in [0.3, 0.4) is 0 Å². The average Bonchev–Trinajstić information content (AvgIpc) is 2.41. The molecule has 134 valence electrons. The molecule has 0 aromatic carbocycles. The zero-order chi connectivity index (χ0) is 17.5. The van der Waals surface area contributed by atoms with Crippen molar-refractivity contribution in [2.45, 2.75) is 49.7 Å². The summed E-state index contributed by atoms with van der Waals surface area (Å²) in [5.41, 5.74) is -5.34. The molecule has 1 aliphatic heterocycles. The minimum Gasteiger partial charge on any atom is -0.206 e. The monoisotopic (exact) mass is 394 g/mol. The Morgan fingerprint density at radius 1 is 1.22 bits per heavy atom. The first-order valence-electron chi connectivity index (χ1n) is 6.89. The summed E-state index contributed by atoms with van der Waals surface area (Å²) in [5.74, 6) is 0.582. The van der Waals surface area contributed by atoms with E-state index in [2.05, 4.69) is 6.58 Å². The van der Waals surface area contributed by atoms with Crippen LogP contribution in [0, 0.1) is 0 Å². The van der Waals surface area contributed by atoms with Gasteiger partial charge in [0, 0.05) is 17.8 Å². The fourth-order valence-electron chi connectivity index (χ4n) is 2.57. The molecule has 6 nitrogen and oxygen atoms in total. The van der Waals surface area contributed by atoms with Gasteiger partial charge in [-0.25, -0.2) is 21.6 Å². The molecule has 23 heavy (non-hydrogen) atoms. The molecule has 0 bridgehead atoms. The molecule has 1 heterocycles. The van der Waals surface area contributed by atoms with Gasteiger partial charge < -0.3 is 0 Å². The van der Waals surface area contributed by atoms with Crippen molar-refractivity contribution in [1.29, 1.82) is 0 Å². The van der Waals surface area contributed by atoms with Gasteiger partial charge in [-0.3, -0.25) is 0 Å². The normalized spacial score (nSPS) is 30.3. The zero-order valence-corrected chi connectivity index (χ0v) is 14.5. The molecule has 1 saturated heterocycles. The molecule has 0 amide bonds. The van der Waals surface area contributed by atoms with E-state index < -0.39 is 31.6 Å². The van der Waals surface area contributed by atoms with Crippen LogP contribution in [0.2, 0.25) is 0 Å². The summed E-state index contributed by atoms with van der Waals surface area (Å²) in [6, 6.07) is -1.19. The van der Waals surface area contributed by atoms with Crippen molar-refractivity contribution in [3.05, 3.63) is 11.5 Å². The third-order valence-electron chi connectivity index (χ3n) is 3.82. The predicted octanol–water partition coefficient (Wildman–Crippen LogP) is 1.93. The van der Waals surface area contributed by atoms with E-state index >= 15 is 0 Å². The molecule has 12 heteroatoms. The molecular formula is C11H17F3N2O4S3. The molecule has 0 unspecified atom stereocenters. The SMILES string of the molecule is C=C1CCSN(C2CCC(NS(=O)(=O)C(F)(F)F)CC2)S1(=O)=O. The molecule has 2 aliphatic rings. The van der Waals surface area contributed by atoms with Crippen molar-refractivity contribution in [2.24, 2.45) is 0 Å². The highest BCUT2D eigenvalue weighted by molar-refractivity contribution is 8.10. The number of nitrogens with zero attached hydrogens (tertiary/aromatic N) is 1. The number of hydrogen-bond donors (Lipinski definition) is 1. The third kappa shape index (κ3) is 4.03. The first kappa shape index (κ1) is 19.0. The number of allylic oxidation sites excluding steroid dienone is 1. The highest BCUT2D eigenvalue weighted by Gasteiger charge is 2.47. The number of nitrogens with one attached hydrogen (secondary N) is 1. The molecule has 1 aliphatic carbocycles. The lowest BCUT2D eigenvalue weighted by Crippen LogP contribution is -2.47. The van der Waals surface area contributed by atoms with Crippen molar-refractivity contribution < 1.29 is 30.0 Å². The van der Waals surface area contributed by atoms with Crippen LogP contribution in [0.4, 0.5) is 13.2 Å². The smallest absolute Gasteiger partial charge is 0.206 e. The molecule has 0 aromatic rings. The number of rotatable bonds is 3. The second kappa shape index (κ2) is 6.54. The summed E-state index contributed by atoms with van der Waals surface area (Å²) in [6.07, 6.45) is 1.28. The number of alkyl halides is 3. The van der Waals surface area contributed by atoms with Gasteiger partial charge in [0.05, 0.1) is 4.91 Å². The van der Waals surface area contributed by atoms with Crippen LogP contribution in [0.5, 0.6) is 0 Å². The minimum absolute atomic E-state index is 0.135. The van der Waals surface area contributed by atoms with Gasteiger partial charge in [0.2, 0.25) is 10.0 Å². The summed E-state index contributed by atoms with van der Waals surface area (Å²) in [4.78, 5) is 0.135. The standard InChI is InChI=1S/C11H17F3N2O4S3/c1-8-6-7-21-16(22(8,17)18)10-4-2-9(3-5-10)15-23(19,20)11(12,13)14/h9-10,15H,1-7H2. The van der Waals surface area contributed by atoms with Crippen LogP contribution in [-0.4, -0.2) is 43.9 Å². The van der Waals surface area contributed by atoms with Crippen LogP contribution in [0.15, 0.2) is 11.5 Å². The molecule has 1 N–H and O–H groups in total. The van der Waals surface area contributed by atoms with Crippen molar-refractivity contribution in [3.8, 4) is 0 Å². The van der Waals surface area contributed by atoms with Crippen LogP contribution in [0.25, 0.3) is 0 Å². The second-order valence-corrected chi connectivity index (χ2v) is 10.4. The number of sulfonamides is 2. The summed E-state index contributed by atoms with van der Waals surface area (Å²) in [5, 5.41) is 0. The highest BCUT2D eigenvalue weighted by Crippen LogP contribution is 2.37. The van der Waals surface area contributed by atoms with Crippen LogP contribution in [0.1, 0.15) is 32.1 Å². The lowest BCUT2D eigenvalue weighted by molar-refractivity contribution is -0.0452. The second-order valence-electron chi connectivity index (χ2n) is 5.45. The van der Waals surface area contributed by atoms with Gasteiger partial charge in [-0.05, 0) is 32.1 Å². The summed E-state index contributed by atoms with van der Waals surface area (Å²) in [7, 11) is -8.97. The van der Waals surface area contributed by atoms with E-state index in [4.69, 9.17) is 0 Å². The Kier molecular flexibility index (Phi) is 5.41. The number of hydrogen-bond acceptors (Lipinski definition) is 5. The van der Waals surface area contributed by atoms with Gasteiger partial charge in [0.15, 0.2) is 0 Å². The largest absolute Gasteiger partial charge is 0.511 e. The minimum atomic E-state index is -5.37. The van der Waals surface area contributed by atoms with Gasteiger partial charge in [-0.1, -0.05) is 18.5 Å². The molecule has 0 spiro atoms. The van der Waals surface area contributed by atoms with Crippen LogP contribution >= 0.6 is 11.9 Å². The Hall–Kier alpha value is -0.300. The van der Waals surface area contributed by atoms with E-state index in [1.807, 2.05) is 0 Å². The first-order chi connectivity index (χ1) is 10.4. The van der Waals surface area contributed by atoms with E-state index in [1.54, 1.807) is 4.72 Å². The van der Waals surface area contributed by atoms with E-state index in [0.29, 0.717) is 25.0 Å². The fraction of sp³-hybridized carbons (Fsp3) is 0.818. The Morgan fingerprint density at radius 2 is 1.78 bits per heavy atom. The summed E-state index contributed by atoms with van der Waals surface area (Å²) >= 11 is 1.16. The molecule has 2 rings (SSSR count). The van der Waals surface area contributed by atoms with Crippen molar-refractivity contribution >= 4 is 32.0 Å². The van der Waals surface area contributed by atoms with E-state index in [0.717, 1.165) is 11.9 Å². The van der Waals surface area contributed by atoms with Gasteiger partial charge >= 0.3 is 15.5 Å². The maximum atomic E-state index is 12.3. The summed E-state index contributed by atoms with van der Waals surface area (Å²) in [6.45, 7) is 3.54. The number of halogens is 3. The Bertz CT molecular complexity index is 667. The maximum absolute atomic E-state index is 12.3. The van der Waals surface area contributed by atoms with Crippen molar-refractivity contribution in [1.82, 2.24) is 8.43 Å². The third-order valence-corrected chi connectivity index (χ3v) is 8.63. The Labute approximate surface area is 137 Å². The topological polar surface area (TPSA) is 83.6 Å². The molecular weight excluding hydrogens is 377 g/mol. The zero-order valence-electron chi connectivity index (χ0n) is 12.0. The van der Waals surface area contributed by atoms with Crippen molar-refractivity contribution in [3.63, 3.8) is 0 Å². The van der Waals surface area contributed by atoms with Crippen LogP contribution < -0.4 is 4.72 Å². The Balaban J connectivity index is 1.98. The predicted molar refractivity (Wildman–Crippen MR) is 81.1 cm³/mol. The van der Waals surface area contributed by atoms with Gasteiger partial charge in [0.25, 0.3) is 0 Å².